The molecule has 0 atom stereocenters. The lowest BCUT2D eigenvalue weighted by molar-refractivity contribution is -0.119. The highest BCUT2D eigenvalue weighted by molar-refractivity contribution is 5.96. The van der Waals surface area contributed by atoms with E-state index < -0.39 is 0 Å². The number of carbonyl (C=O) groups is 2. The first kappa shape index (κ1) is 14.8. The van der Waals surface area contributed by atoms with E-state index in [1.807, 2.05) is 29.7 Å². The number of nitrogens with zero attached hydrogens (tertiary/aromatic N) is 3. The third-order valence-electron chi connectivity index (χ3n) is 4.59. The van der Waals surface area contributed by atoms with Crippen molar-refractivity contribution >= 4 is 23.2 Å². The number of carbonyl (C=O) groups excluding carboxylic acids is 2. The molecule has 22 heavy (non-hydrogen) atoms. The molecule has 1 aliphatic heterocycles. The number of aromatic nitrogens is 1. The van der Waals surface area contributed by atoms with E-state index in [4.69, 9.17) is 0 Å². The minimum absolute atomic E-state index is 0.0985. The van der Waals surface area contributed by atoms with Crippen LogP contribution in [0.4, 0.5) is 0 Å². The molecule has 2 heterocycles. The van der Waals surface area contributed by atoms with Crippen LogP contribution >= 0.6 is 0 Å². The van der Waals surface area contributed by atoms with E-state index >= 15 is 0 Å². The van der Waals surface area contributed by atoms with Gasteiger partial charge in [0.15, 0.2) is 0 Å². The Kier molecular flexibility index (Phi) is 3.98. The molecule has 3 rings (SSSR count). The molecule has 5 nitrogen and oxygen atoms in total. The normalized spacial score (nSPS) is 16.2. The molecule has 2 aromatic rings. The van der Waals surface area contributed by atoms with E-state index in [1.54, 1.807) is 4.90 Å². The average Bonchev–Trinajstić information content (AvgIpc) is 2.80. The van der Waals surface area contributed by atoms with Crippen LogP contribution in [0.2, 0.25) is 0 Å². The first-order valence-corrected chi connectivity index (χ1v) is 7.63. The van der Waals surface area contributed by atoms with E-state index in [-0.39, 0.29) is 5.91 Å². The van der Waals surface area contributed by atoms with Gasteiger partial charge in [0.2, 0.25) is 12.3 Å². The lowest BCUT2D eigenvalue weighted by Crippen LogP contribution is -2.47. The highest BCUT2D eigenvalue weighted by Gasteiger charge is 2.21. The fraction of sp³-hybridized carbons (Fsp3) is 0.412. The number of fused-ring (bicyclic) bond motifs is 1. The number of piperazine rings is 1. The number of para-hydroxylation sites is 1. The number of amides is 1. The SMILES string of the molecule is Cc1c(C)n(C(=O)CN2CCN(C=O)CC2)c2ccccc12. The highest BCUT2D eigenvalue weighted by atomic mass is 16.2. The Balaban J connectivity index is 1.81. The Bertz CT molecular complexity index is 712. The summed E-state index contributed by atoms with van der Waals surface area (Å²) >= 11 is 0. The van der Waals surface area contributed by atoms with Gasteiger partial charge in [0.05, 0.1) is 12.1 Å². The molecule has 0 bridgehead atoms. The van der Waals surface area contributed by atoms with E-state index in [2.05, 4.69) is 17.9 Å². The van der Waals surface area contributed by atoms with Crippen molar-refractivity contribution < 1.29 is 9.59 Å². The third kappa shape index (κ3) is 2.52. The summed E-state index contributed by atoms with van der Waals surface area (Å²) in [5.74, 6) is 0.0985. The van der Waals surface area contributed by atoms with Crippen molar-refractivity contribution in [2.45, 2.75) is 13.8 Å². The molecule has 1 fully saturated rings. The lowest BCUT2D eigenvalue weighted by atomic mass is 10.2. The van der Waals surface area contributed by atoms with Crippen LogP contribution < -0.4 is 0 Å². The van der Waals surface area contributed by atoms with Crippen molar-refractivity contribution in [3.8, 4) is 0 Å². The molecule has 0 unspecified atom stereocenters. The van der Waals surface area contributed by atoms with Gasteiger partial charge in [0.1, 0.15) is 0 Å². The molecular formula is C17H21N3O2. The van der Waals surface area contributed by atoms with Crippen molar-refractivity contribution in [3.05, 3.63) is 35.5 Å². The summed E-state index contributed by atoms with van der Waals surface area (Å²) < 4.78 is 1.83. The van der Waals surface area contributed by atoms with Gasteiger partial charge >= 0.3 is 0 Å². The van der Waals surface area contributed by atoms with Gasteiger partial charge in [-0.15, -0.1) is 0 Å². The molecule has 5 heteroatoms. The van der Waals surface area contributed by atoms with E-state index in [1.165, 1.54) is 0 Å². The maximum absolute atomic E-state index is 12.8. The van der Waals surface area contributed by atoms with Gasteiger partial charge in [-0.2, -0.15) is 0 Å². The highest BCUT2D eigenvalue weighted by Crippen LogP contribution is 2.24. The first-order chi connectivity index (χ1) is 10.6. The predicted molar refractivity (Wildman–Crippen MR) is 86.1 cm³/mol. The fourth-order valence-corrected chi connectivity index (χ4v) is 3.14. The topological polar surface area (TPSA) is 45.6 Å². The van der Waals surface area contributed by atoms with Gasteiger partial charge in [-0.1, -0.05) is 18.2 Å². The maximum Gasteiger partial charge on any atom is 0.245 e. The zero-order valence-corrected chi connectivity index (χ0v) is 13.1. The van der Waals surface area contributed by atoms with Crippen LogP contribution in [0, 0.1) is 13.8 Å². The molecule has 0 spiro atoms. The third-order valence-corrected chi connectivity index (χ3v) is 4.59. The summed E-state index contributed by atoms with van der Waals surface area (Å²) in [6.45, 7) is 7.35. The number of hydrogen-bond acceptors (Lipinski definition) is 3. The molecule has 116 valence electrons. The quantitative estimate of drug-likeness (QED) is 0.810. The van der Waals surface area contributed by atoms with Crippen molar-refractivity contribution in [1.29, 1.82) is 0 Å². The minimum atomic E-state index is 0.0985. The molecule has 0 N–H and O–H groups in total. The van der Waals surface area contributed by atoms with Crippen LogP contribution in [0.1, 0.15) is 16.1 Å². The average molecular weight is 299 g/mol. The van der Waals surface area contributed by atoms with Gasteiger partial charge in [-0.05, 0) is 25.5 Å². The van der Waals surface area contributed by atoms with E-state index in [0.29, 0.717) is 19.6 Å². The minimum Gasteiger partial charge on any atom is -0.343 e. The smallest absolute Gasteiger partial charge is 0.245 e. The van der Waals surface area contributed by atoms with Crippen LogP contribution in [-0.2, 0) is 4.79 Å². The Morgan fingerprint density at radius 3 is 2.50 bits per heavy atom. The van der Waals surface area contributed by atoms with Crippen molar-refractivity contribution in [2.24, 2.45) is 0 Å². The Morgan fingerprint density at radius 2 is 1.82 bits per heavy atom. The molecule has 0 saturated carbocycles. The zero-order chi connectivity index (χ0) is 15.7. The molecule has 1 amide bonds. The molecule has 1 aliphatic rings. The summed E-state index contributed by atoms with van der Waals surface area (Å²) in [5.41, 5.74) is 3.15. The molecule has 1 saturated heterocycles. The van der Waals surface area contributed by atoms with Gasteiger partial charge in [0, 0.05) is 37.3 Å². The lowest BCUT2D eigenvalue weighted by Gasteiger charge is -2.32. The summed E-state index contributed by atoms with van der Waals surface area (Å²) in [6, 6.07) is 8.03. The molecule has 0 aliphatic carbocycles. The monoisotopic (exact) mass is 299 g/mol. The summed E-state index contributed by atoms with van der Waals surface area (Å²) in [5, 5.41) is 1.14. The van der Waals surface area contributed by atoms with Crippen molar-refractivity contribution in [1.82, 2.24) is 14.4 Å². The predicted octanol–water partition coefficient (Wildman–Crippen LogP) is 1.67. The summed E-state index contributed by atoms with van der Waals surface area (Å²) in [4.78, 5) is 27.4. The number of benzene rings is 1. The molecule has 0 radical (unpaired) electrons. The second kappa shape index (κ2) is 5.93. The summed E-state index contributed by atoms with van der Waals surface area (Å²) in [6.07, 6.45) is 0.881. The molecular weight excluding hydrogens is 278 g/mol. The van der Waals surface area contributed by atoms with Gasteiger partial charge in [0.25, 0.3) is 0 Å². The Hall–Kier alpha value is -2.14. The zero-order valence-electron chi connectivity index (χ0n) is 13.1. The van der Waals surface area contributed by atoms with Gasteiger partial charge in [-0.3, -0.25) is 19.1 Å². The van der Waals surface area contributed by atoms with Gasteiger partial charge < -0.3 is 4.90 Å². The van der Waals surface area contributed by atoms with Crippen LogP contribution in [-0.4, -0.2) is 59.4 Å². The van der Waals surface area contributed by atoms with Crippen molar-refractivity contribution in [3.63, 3.8) is 0 Å². The Labute approximate surface area is 130 Å². The Morgan fingerprint density at radius 1 is 1.14 bits per heavy atom. The number of hydrogen-bond donors (Lipinski definition) is 0. The largest absolute Gasteiger partial charge is 0.343 e. The van der Waals surface area contributed by atoms with Crippen LogP contribution in [0.3, 0.4) is 0 Å². The second-order valence-electron chi connectivity index (χ2n) is 5.87. The number of rotatable bonds is 3. The second-order valence-corrected chi connectivity index (χ2v) is 5.87. The fourth-order valence-electron chi connectivity index (χ4n) is 3.14. The van der Waals surface area contributed by atoms with Crippen molar-refractivity contribution in [2.75, 3.05) is 32.7 Å². The standard InChI is InChI=1S/C17H21N3O2/c1-13-14(2)20(16-6-4-3-5-15(13)16)17(22)11-18-7-9-19(12-21)10-8-18/h3-6,12H,7-11H2,1-2H3. The summed E-state index contributed by atoms with van der Waals surface area (Å²) in [7, 11) is 0. The van der Waals surface area contributed by atoms with Crippen LogP contribution in [0.25, 0.3) is 10.9 Å². The first-order valence-electron chi connectivity index (χ1n) is 7.63. The maximum atomic E-state index is 12.8. The van der Waals surface area contributed by atoms with E-state index in [9.17, 15) is 9.59 Å². The molecule has 1 aromatic carbocycles. The van der Waals surface area contributed by atoms with E-state index in [0.717, 1.165) is 41.7 Å². The van der Waals surface area contributed by atoms with Crippen LogP contribution in [0.5, 0.6) is 0 Å². The number of aryl methyl sites for hydroxylation is 1. The van der Waals surface area contributed by atoms with Gasteiger partial charge in [-0.25, -0.2) is 0 Å². The van der Waals surface area contributed by atoms with Crippen LogP contribution in [0.15, 0.2) is 24.3 Å². The molecule has 1 aromatic heterocycles.